The van der Waals surface area contributed by atoms with Crippen LogP contribution in [0.4, 0.5) is 0 Å². The molecule has 92 valence electrons. The predicted molar refractivity (Wildman–Crippen MR) is 74.6 cm³/mol. The van der Waals surface area contributed by atoms with Gasteiger partial charge in [-0.25, -0.2) is 0 Å². The van der Waals surface area contributed by atoms with Crippen molar-refractivity contribution in [1.29, 1.82) is 0 Å². The van der Waals surface area contributed by atoms with Crippen LogP contribution in [0.5, 0.6) is 0 Å². The third-order valence-corrected chi connectivity index (χ3v) is 4.11. The van der Waals surface area contributed by atoms with Gasteiger partial charge in [-0.15, -0.1) is 0 Å². The second kappa shape index (κ2) is 5.05. The maximum absolute atomic E-state index is 12.3. The number of amides is 1. The van der Waals surface area contributed by atoms with Gasteiger partial charge in [0.05, 0.1) is 0 Å². The van der Waals surface area contributed by atoms with E-state index in [2.05, 4.69) is 13.8 Å². The molecule has 0 aromatic carbocycles. The van der Waals surface area contributed by atoms with E-state index < -0.39 is 0 Å². The van der Waals surface area contributed by atoms with Crippen LogP contribution in [-0.2, 0) is 4.79 Å². The quantitative estimate of drug-likeness (QED) is 0.710. The summed E-state index contributed by atoms with van der Waals surface area (Å²) in [7, 11) is 0. The number of carbonyl (C=O) groups is 1. The average molecular weight is 259 g/mol. The molecule has 4 heteroatoms. The average Bonchev–Trinajstić information content (AvgIpc) is 2.43. The summed E-state index contributed by atoms with van der Waals surface area (Å²) in [6.07, 6.45) is 1.04. The molecule has 1 unspecified atom stereocenters. The molecule has 0 N–H and O–H groups in total. The minimum absolute atomic E-state index is 0.160. The number of hydrogen-bond donors (Lipinski definition) is 0. The third-order valence-electron chi connectivity index (χ3n) is 2.56. The van der Waals surface area contributed by atoms with Gasteiger partial charge in [-0.05, 0) is 12.3 Å². The lowest BCUT2D eigenvalue weighted by Crippen LogP contribution is -2.45. The van der Waals surface area contributed by atoms with E-state index in [1.54, 1.807) is 11.8 Å². The van der Waals surface area contributed by atoms with Crippen LogP contribution in [0.2, 0.25) is 0 Å². The van der Waals surface area contributed by atoms with Gasteiger partial charge in [-0.3, -0.25) is 9.69 Å². The Kier molecular flexibility index (Phi) is 4.41. The predicted octanol–water partition coefficient (Wildman–Crippen LogP) is 3.31. The van der Waals surface area contributed by atoms with Crippen molar-refractivity contribution in [3.05, 3.63) is 0 Å². The number of carbonyl (C=O) groups excluding carboxylic acids is 1. The first-order valence-electron chi connectivity index (χ1n) is 5.74. The highest BCUT2D eigenvalue weighted by Crippen LogP contribution is 2.32. The maximum Gasteiger partial charge on any atom is 0.233 e. The molecule has 1 saturated heterocycles. The van der Waals surface area contributed by atoms with Crippen LogP contribution in [0.25, 0.3) is 0 Å². The normalized spacial score (nSPS) is 22.0. The number of thioether (sulfide) groups is 1. The maximum atomic E-state index is 12.3. The largest absolute Gasteiger partial charge is 0.293 e. The van der Waals surface area contributed by atoms with Crippen molar-refractivity contribution < 1.29 is 4.79 Å². The molecule has 1 fully saturated rings. The minimum atomic E-state index is -0.343. The van der Waals surface area contributed by atoms with Gasteiger partial charge >= 0.3 is 0 Å². The highest BCUT2D eigenvalue weighted by atomic mass is 32.2. The number of hydrogen-bond acceptors (Lipinski definition) is 3. The molecule has 0 saturated carbocycles. The zero-order valence-corrected chi connectivity index (χ0v) is 12.4. The molecule has 1 atom stereocenters. The van der Waals surface area contributed by atoms with Crippen LogP contribution in [0.1, 0.15) is 41.0 Å². The SMILES string of the molecule is CC(C)CC1CSC(=S)N1C(=O)C(C)(C)C. The van der Waals surface area contributed by atoms with E-state index in [1.165, 1.54) is 0 Å². The molecule has 0 bridgehead atoms. The van der Waals surface area contributed by atoms with Gasteiger partial charge < -0.3 is 0 Å². The van der Waals surface area contributed by atoms with Gasteiger partial charge in [0.1, 0.15) is 4.32 Å². The Morgan fingerprint density at radius 3 is 2.56 bits per heavy atom. The monoisotopic (exact) mass is 259 g/mol. The molecule has 1 amide bonds. The number of nitrogens with zero attached hydrogens (tertiary/aromatic N) is 1. The van der Waals surface area contributed by atoms with Crippen LogP contribution in [0.3, 0.4) is 0 Å². The second-order valence-electron chi connectivity index (χ2n) is 5.79. The van der Waals surface area contributed by atoms with Crippen molar-refractivity contribution in [3.8, 4) is 0 Å². The molecule has 0 aliphatic carbocycles. The van der Waals surface area contributed by atoms with Crippen LogP contribution in [0, 0.1) is 11.3 Å². The lowest BCUT2D eigenvalue weighted by molar-refractivity contribution is -0.136. The first-order chi connectivity index (χ1) is 7.23. The van der Waals surface area contributed by atoms with E-state index in [4.69, 9.17) is 12.2 Å². The summed E-state index contributed by atoms with van der Waals surface area (Å²) in [4.78, 5) is 14.1. The molecule has 0 aromatic heterocycles. The van der Waals surface area contributed by atoms with Crippen LogP contribution >= 0.6 is 24.0 Å². The van der Waals surface area contributed by atoms with E-state index in [0.717, 1.165) is 16.5 Å². The van der Waals surface area contributed by atoms with Gasteiger partial charge in [0.15, 0.2) is 0 Å². The van der Waals surface area contributed by atoms with Crippen LogP contribution < -0.4 is 0 Å². The summed E-state index contributed by atoms with van der Waals surface area (Å²) in [5.74, 6) is 1.72. The van der Waals surface area contributed by atoms with Gasteiger partial charge in [-0.2, -0.15) is 0 Å². The highest BCUT2D eigenvalue weighted by Gasteiger charge is 2.38. The summed E-state index contributed by atoms with van der Waals surface area (Å²) in [6.45, 7) is 10.2. The molecule has 0 spiro atoms. The second-order valence-corrected chi connectivity index (χ2v) is 7.44. The Labute approximate surface area is 108 Å². The molecule has 1 aliphatic heterocycles. The Hall–Kier alpha value is -0.0900. The molecular formula is C12H21NOS2. The van der Waals surface area contributed by atoms with E-state index in [1.807, 2.05) is 25.7 Å². The fourth-order valence-electron chi connectivity index (χ4n) is 1.79. The summed E-state index contributed by atoms with van der Waals surface area (Å²) >= 11 is 6.92. The van der Waals surface area contributed by atoms with Crippen molar-refractivity contribution in [2.75, 3.05) is 5.75 Å². The zero-order chi connectivity index (χ0) is 12.5. The minimum Gasteiger partial charge on any atom is -0.293 e. The van der Waals surface area contributed by atoms with Crippen molar-refractivity contribution in [3.63, 3.8) is 0 Å². The van der Waals surface area contributed by atoms with Crippen molar-refractivity contribution in [2.24, 2.45) is 11.3 Å². The fraction of sp³-hybridized carbons (Fsp3) is 0.833. The Bertz CT molecular complexity index is 294. The molecule has 1 rings (SSSR count). The number of rotatable bonds is 2. The molecule has 2 nitrogen and oxygen atoms in total. The lowest BCUT2D eigenvalue weighted by atomic mass is 9.93. The van der Waals surface area contributed by atoms with Crippen molar-refractivity contribution >= 4 is 34.2 Å². The van der Waals surface area contributed by atoms with Gasteiger partial charge in [-0.1, -0.05) is 58.6 Å². The Morgan fingerprint density at radius 1 is 1.56 bits per heavy atom. The van der Waals surface area contributed by atoms with E-state index in [9.17, 15) is 4.79 Å². The molecule has 1 aliphatic rings. The third kappa shape index (κ3) is 3.20. The molecule has 16 heavy (non-hydrogen) atoms. The molecular weight excluding hydrogens is 238 g/mol. The smallest absolute Gasteiger partial charge is 0.233 e. The van der Waals surface area contributed by atoms with Crippen molar-refractivity contribution in [1.82, 2.24) is 4.90 Å². The van der Waals surface area contributed by atoms with Crippen molar-refractivity contribution in [2.45, 2.75) is 47.1 Å². The highest BCUT2D eigenvalue weighted by molar-refractivity contribution is 8.23. The van der Waals surface area contributed by atoms with E-state index in [0.29, 0.717) is 12.0 Å². The standard InChI is InChI=1S/C12H21NOS2/c1-8(2)6-9-7-16-11(15)13(9)10(14)12(3,4)5/h8-9H,6-7H2,1-5H3. The topological polar surface area (TPSA) is 20.3 Å². The Balaban J connectivity index is 2.82. The molecule has 0 radical (unpaired) electrons. The van der Waals surface area contributed by atoms with Gasteiger partial charge in [0.25, 0.3) is 0 Å². The lowest BCUT2D eigenvalue weighted by Gasteiger charge is -2.30. The molecule has 0 aromatic rings. The van der Waals surface area contributed by atoms with Gasteiger partial charge in [0.2, 0.25) is 5.91 Å². The fourth-order valence-corrected chi connectivity index (χ4v) is 3.22. The summed E-state index contributed by atoms with van der Waals surface area (Å²) in [5.41, 5.74) is -0.343. The summed E-state index contributed by atoms with van der Waals surface area (Å²) in [6, 6.07) is 0.296. The van der Waals surface area contributed by atoms with E-state index >= 15 is 0 Å². The summed E-state index contributed by atoms with van der Waals surface area (Å²) < 4.78 is 0.755. The number of thiocarbonyl (C=S) groups is 1. The van der Waals surface area contributed by atoms with Crippen LogP contribution in [-0.4, -0.2) is 26.9 Å². The van der Waals surface area contributed by atoms with Gasteiger partial charge in [0, 0.05) is 17.2 Å². The Morgan fingerprint density at radius 2 is 2.12 bits per heavy atom. The summed E-state index contributed by atoms with van der Waals surface area (Å²) in [5, 5.41) is 0. The first kappa shape index (κ1) is 14.0. The van der Waals surface area contributed by atoms with Crippen LogP contribution in [0.15, 0.2) is 0 Å². The zero-order valence-electron chi connectivity index (χ0n) is 10.7. The first-order valence-corrected chi connectivity index (χ1v) is 7.13. The van der Waals surface area contributed by atoms with E-state index in [-0.39, 0.29) is 11.3 Å². The molecule has 1 heterocycles.